The van der Waals surface area contributed by atoms with Gasteiger partial charge in [-0.1, -0.05) is 12.1 Å². The number of benzene rings is 1. The molecule has 0 spiro atoms. The summed E-state index contributed by atoms with van der Waals surface area (Å²) in [5.74, 6) is 1.23. The molecule has 98 valence electrons. The first-order valence-corrected chi connectivity index (χ1v) is 5.91. The van der Waals surface area contributed by atoms with Gasteiger partial charge in [-0.15, -0.1) is 0 Å². The number of rotatable bonds is 4. The zero-order valence-corrected chi connectivity index (χ0v) is 10.6. The third-order valence-electron chi connectivity index (χ3n) is 2.80. The monoisotopic (exact) mass is 251 g/mol. The molecule has 1 N–H and O–H groups in total. The maximum absolute atomic E-state index is 11.3. The second-order valence-electron chi connectivity index (χ2n) is 4.07. The van der Waals surface area contributed by atoms with E-state index in [1.54, 1.807) is 6.92 Å². The van der Waals surface area contributed by atoms with Crippen LogP contribution in [0, 0.1) is 0 Å². The van der Waals surface area contributed by atoms with E-state index in [0.717, 1.165) is 17.1 Å². The lowest BCUT2D eigenvalue weighted by Crippen LogP contribution is -2.34. The van der Waals surface area contributed by atoms with Crippen molar-refractivity contribution >= 4 is 5.97 Å². The van der Waals surface area contributed by atoms with Crippen LogP contribution in [0.4, 0.5) is 0 Å². The minimum atomic E-state index is -0.352. The van der Waals surface area contributed by atoms with Gasteiger partial charge in [-0.05, 0) is 13.0 Å². The Bertz CT molecular complexity index is 433. The van der Waals surface area contributed by atoms with E-state index in [2.05, 4.69) is 10.1 Å². The van der Waals surface area contributed by atoms with E-state index in [4.69, 9.17) is 9.47 Å². The highest BCUT2D eigenvalue weighted by Crippen LogP contribution is 2.33. The molecule has 0 unspecified atom stereocenters. The summed E-state index contributed by atoms with van der Waals surface area (Å²) in [4.78, 5) is 11.3. The minimum absolute atomic E-state index is 0.281. The summed E-state index contributed by atoms with van der Waals surface area (Å²) in [5.41, 5.74) is 0.975. The predicted molar refractivity (Wildman–Crippen MR) is 65.7 cm³/mol. The molecule has 1 aromatic carbocycles. The van der Waals surface area contributed by atoms with E-state index in [-0.39, 0.29) is 12.0 Å². The lowest BCUT2D eigenvalue weighted by atomic mass is 10.1. The highest BCUT2D eigenvalue weighted by atomic mass is 16.6. The van der Waals surface area contributed by atoms with Crippen molar-refractivity contribution in [3.05, 3.63) is 23.8 Å². The van der Waals surface area contributed by atoms with Crippen molar-refractivity contribution in [1.82, 2.24) is 5.32 Å². The predicted octanol–water partition coefficient (Wildman–Crippen LogP) is 1.11. The number of methoxy groups -OCH3 is 1. The molecule has 0 amide bonds. The molecule has 5 nitrogen and oxygen atoms in total. The highest BCUT2D eigenvalue weighted by Gasteiger charge is 2.17. The van der Waals surface area contributed by atoms with Crippen LogP contribution < -0.4 is 14.8 Å². The van der Waals surface area contributed by atoms with Crippen LogP contribution in [0.15, 0.2) is 18.2 Å². The molecule has 0 fully saturated rings. The second-order valence-corrected chi connectivity index (χ2v) is 4.07. The summed E-state index contributed by atoms with van der Waals surface area (Å²) in [6.45, 7) is 3.42. The van der Waals surface area contributed by atoms with Crippen molar-refractivity contribution < 1.29 is 19.0 Å². The Morgan fingerprint density at radius 2 is 2.22 bits per heavy atom. The average molecular weight is 251 g/mol. The third kappa shape index (κ3) is 2.73. The summed E-state index contributed by atoms with van der Waals surface area (Å²) in [6, 6.07) is 5.38. The van der Waals surface area contributed by atoms with Crippen LogP contribution in [0.25, 0.3) is 0 Å². The van der Waals surface area contributed by atoms with Crippen molar-refractivity contribution in [3.63, 3.8) is 0 Å². The molecule has 0 saturated heterocycles. The van der Waals surface area contributed by atoms with Crippen LogP contribution in [-0.4, -0.2) is 32.3 Å². The van der Waals surface area contributed by atoms with E-state index in [1.807, 2.05) is 18.2 Å². The summed E-state index contributed by atoms with van der Waals surface area (Å²) in [7, 11) is 1.38. The molecule has 1 aliphatic rings. The Morgan fingerprint density at radius 1 is 1.44 bits per heavy atom. The van der Waals surface area contributed by atoms with Gasteiger partial charge in [-0.3, -0.25) is 4.79 Å². The van der Waals surface area contributed by atoms with Gasteiger partial charge < -0.3 is 19.5 Å². The Kier molecular flexibility index (Phi) is 4.04. The molecule has 2 rings (SSSR count). The number of carbonyl (C=O) groups is 1. The lowest BCUT2D eigenvalue weighted by molar-refractivity contribution is -0.142. The Labute approximate surface area is 106 Å². The van der Waals surface area contributed by atoms with Crippen LogP contribution in [0.3, 0.4) is 0 Å². The normalized spacial score (nSPS) is 15.0. The van der Waals surface area contributed by atoms with Gasteiger partial charge in [0, 0.05) is 12.1 Å². The fourth-order valence-corrected chi connectivity index (χ4v) is 1.80. The number of para-hydroxylation sites is 1. The summed E-state index contributed by atoms with van der Waals surface area (Å²) in [5, 5.41) is 3.09. The molecule has 0 saturated carbocycles. The number of nitrogens with one attached hydrogen (secondary N) is 1. The van der Waals surface area contributed by atoms with E-state index in [0.29, 0.717) is 19.8 Å². The quantitative estimate of drug-likeness (QED) is 0.812. The zero-order valence-electron chi connectivity index (χ0n) is 10.6. The molecule has 5 heteroatoms. The van der Waals surface area contributed by atoms with Crippen LogP contribution in [0.2, 0.25) is 0 Å². The molecular formula is C13H17NO4. The molecule has 0 aromatic heterocycles. The van der Waals surface area contributed by atoms with Crippen molar-refractivity contribution in [1.29, 1.82) is 0 Å². The Morgan fingerprint density at radius 3 is 3.00 bits per heavy atom. The Balaban J connectivity index is 2.03. The molecule has 0 aliphatic carbocycles. The van der Waals surface area contributed by atoms with E-state index in [1.165, 1.54) is 7.11 Å². The smallest absolute Gasteiger partial charge is 0.322 e. The Hall–Kier alpha value is -1.75. The largest absolute Gasteiger partial charge is 0.486 e. The zero-order chi connectivity index (χ0) is 13.0. The van der Waals surface area contributed by atoms with Gasteiger partial charge in [-0.2, -0.15) is 0 Å². The van der Waals surface area contributed by atoms with Crippen LogP contribution >= 0.6 is 0 Å². The molecule has 0 radical (unpaired) electrons. The first-order chi connectivity index (χ1) is 8.72. The lowest BCUT2D eigenvalue weighted by Gasteiger charge is -2.21. The van der Waals surface area contributed by atoms with Crippen LogP contribution in [-0.2, 0) is 16.1 Å². The van der Waals surface area contributed by atoms with E-state index in [9.17, 15) is 4.79 Å². The molecule has 1 aromatic rings. The van der Waals surface area contributed by atoms with Crippen molar-refractivity contribution in [2.24, 2.45) is 0 Å². The van der Waals surface area contributed by atoms with E-state index >= 15 is 0 Å². The standard InChI is InChI=1S/C13H17NO4/c1-9(13(15)16-2)14-8-10-4-3-5-11-12(10)18-7-6-17-11/h3-5,9,14H,6-8H2,1-2H3/t9-/m0/s1. The SMILES string of the molecule is COC(=O)[C@H](C)NCc1cccc2c1OCCO2. The first kappa shape index (κ1) is 12.7. The van der Waals surface area contributed by atoms with Crippen molar-refractivity contribution in [2.45, 2.75) is 19.5 Å². The average Bonchev–Trinajstić information content (AvgIpc) is 2.43. The molecular weight excluding hydrogens is 234 g/mol. The number of carbonyl (C=O) groups excluding carboxylic acids is 1. The van der Waals surface area contributed by atoms with E-state index < -0.39 is 0 Å². The second kappa shape index (κ2) is 5.73. The number of esters is 1. The molecule has 1 atom stereocenters. The summed E-state index contributed by atoms with van der Waals surface area (Å²) in [6.07, 6.45) is 0. The first-order valence-electron chi connectivity index (χ1n) is 5.91. The number of hydrogen-bond donors (Lipinski definition) is 1. The van der Waals surface area contributed by atoms with Crippen molar-refractivity contribution in [3.8, 4) is 11.5 Å². The van der Waals surface area contributed by atoms with Gasteiger partial charge in [0.25, 0.3) is 0 Å². The van der Waals surface area contributed by atoms with Crippen LogP contribution in [0.1, 0.15) is 12.5 Å². The highest BCUT2D eigenvalue weighted by molar-refractivity contribution is 5.75. The maximum Gasteiger partial charge on any atom is 0.322 e. The van der Waals surface area contributed by atoms with Gasteiger partial charge in [0.15, 0.2) is 11.5 Å². The van der Waals surface area contributed by atoms with Gasteiger partial charge >= 0.3 is 5.97 Å². The van der Waals surface area contributed by atoms with Gasteiger partial charge in [0.2, 0.25) is 0 Å². The fraction of sp³-hybridized carbons (Fsp3) is 0.462. The molecule has 0 bridgehead atoms. The topological polar surface area (TPSA) is 56.8 Å². The van der Waals surface area contributed by atoms with Gasteiger partial charge in [-0.25, -0.2) is 0 Å². The van der Waals surface area contributed by atoms with Gasteiger partial charge in [0.1, 0.15) is 19.3 Å². The summed E-state index contributed by atoms with van der Waals surface area (Å²) >= 11 is 0. The number of fused-ring (bicyclic) bond motifs is 1. The van der Waals surface area contributed by atoms with Crippen LogP contribution in [0.5, 0.6) is 11.5 Å². The molecule has 1 aliphatic heterocycles. The fourth-order valence-electron chi connectivity index (χ4n) is 1.80. The molecule has 1 heterocycles. The van der Waals surface area contributed by atoms with Crippen molar-refractivity contribution in [2.75, 3.05) is 20.3 Å². The summed E-state index contributed by atoms with van der Waals surface area (Å²) < 4.78 is 15.7. The minimum Gasteiger partial charge on any atom is -0.486 e. The van der Waals surface area contributed by atoms with Gasteiger partial charge in [0.05, 0.1) is 7.11 Å². The maximum atomic E-state index is 11.3. The number of ether oxygens (including phenoxy) is 3. The third-order valence-corrected chi connectivity index (χ3v) is 2.80. The molecule has 18 heavy (non-hydrogen) atoms. The number of hydrogen-bond acceptors (Lipinski definition) is 5.